The minimum absolute atomic E-state index is 0.258. The molecular weight excluding hydrogens is 304 g/mol. The van der Waals surface area contributed by atoms with Gasteiger partial charge in [0.2, 0.25) is 0 Å². The molecule has 1 aromatic carbocycles. The van der Waals surface area contributed by atoms with E-state index in [9.17, 15) is 4.79 Å². The van der Waals surface area contributed by atoms with E-state index in [1.807, 2.05) is 48.6 Å². The summed E-state index contributed by atoms with van der Waals surface area (Å²) in [6.07, 6.45) is 8.72. The smallest absolute Gasteiger partial charge is 0.331 e. The van der Waals surface area contributed by atoms with E-state index in [0.717, 1.165) is 35.1 Å². The average molecular weight is 324 g/mol. The van der Waals surface area contributed by atoms with Crippen molar-refractivity contribution in [1.29, 1.82) is 0 Å². The lowest BCUT2D eigenvalue weighted by Crippen LogP contribution is -2.13. The van der Waals surface area contributed by atoms with Crippen LogP contribution in [0.3, 0.4) is 0 Å². The highest BCUT2D eigenvalue weighted by Crippen LogP contribution is 2.25. The molecule has 1 atom stereocenters. The van der Waals surface area contributed by atoms with Crippen LogP contribution in [0.25, 0.3) is 5.57 Å². The Kier molecular flexibility index (Phi) is 4.96. The second-order valence-corrected chi connectivity index (χ2v) is 5.69. The average Bonchev–Trinajstić information content (AvgIpc) is 3.45. The Balaban J connectivity index is 1.64. The number of ether oxygens (including phenoxy) is 3. The highest BCUT2D eigenvalue weighted by Gasteiger charge is 2.23. The van der Waals surface area contributed by atoms with Crippen molar-refractivity contribution in [3.63, 3.8) is 0 Å². The van der Waals surface area contributed by atoms with Gasteiger partial charge in [-0.2, -0.15) is 0 Å². The lowest BCUT2D eigenvalue weighted by atomic mass is 9.97. The van der Waals surface area contributed by atoms with Crippen LogP contribution in [0.2, 0.25) is 0 Å². The third kappa shape index (κ3) is 4.24. The summed E-state index contributed by atoms with van der Waals surface area (Å²) in [5, 5.41) is 0. The normalized spacial score (nSPS) is 21.3. The molecule has 2 aliphatic rings. The number of epoxide rings is 1. The van der Waals surface area contributed by atoms with E-state index in [0.29, 0.717) is 6.61 Å². The van der Waals surface area contributed by atoms with Crippen LogP contribution in [0.5, 0.6) is 5.75 Å². The Bertz CT molecular complexity index is 690. The fourth-order valence-corrected chi connectivity index (χ4v) is 2.35. The zero-order valence-corrected chi connectivity index (χ0v) is 13.6. The molecule has 1 aromatic rings. The fraction of sp³-hybridized carbons (Fsp3) is 0.250. The number of allylic oxidation sites excluding steroid dienone is 4. The minimum Gasteiger partial charge on any atom is -0.491 e. The van der Waals surface area contributed by atoms with Crippen LogP contribution >= 0.6 is 0 Å². The number of carbonyl (C=O) groups is 1. The summed E-state index contributed by atoms with van der Waals surface area (Å²) in [5.74, 6) is 0.420. The van der Waals surface area contributed by atoms with Gasteiger partial charge in [0.1, 0.15) is 24.6 Å². The molecule has 0 radical (unpaired) electrons. The number of esters is 1. The van der Waals surface area contributed by atoms with E-state index >= 15 is 0 Å². The molecule has 0 saturated carbocycles. The minimum atomic E-state index is -0.425. The topological polar surface area (TPSA) is 48.1 Å². The van der Waals surface area contributed by atoms with Crippen molar-refractivity contribution in [2.24, 2.45) is 0 Å². The van der Waals surface area contributed by atoms with Gasteiger partial charge in [0.25, 0.3) is 0 Å². The van der Waals surface area contributed by atoms with Gasteiger partial charge in [0.15, 0.2) is 0 Å². The van der Waals surface area contributed by atoms with Gasteiger partial charge in [0.05, 0.1) is 6.61 Å². The number of hydrogen-bond acceptors (Lipinski definition) is 4. The first-order chi connectivity index (χ1) is 11.7. The predicted molar refractivity (Wildman–Crippen MR) is 92.6 cm³/mol. The summed E-state index contributed by atoms with van der Waals surface area (Å²) in [6, 6.07) is 8.01. The third-order valence-corrected chi connectivity index (χ3v) is 3.91. The Morgan fingerprint density at radius 2 is 1.96 bits per heavy atom. The second kappa shape index (κ2) is 7.32. The molecule has 124 valence electrons. The first-order valence-electron chi connectivity index (χ1n) is 7.91. The molecule has 3 rings (SSSR count). The lowest BCUT2D eigenvalue weighted by Gasteiger charge is -2.14. The molecule has 4 heteroatoms. The monoisotopic (exact) mass is 324 g/mol. The summed E-state index contributed by atoms with van der Waals surface area (Å²) in [5.41, 5.74) is 3.35. The van der Waals surface area contributed by atoms with Crippen molar-refractivity contribution < 1.29 is 19.0 Å². The van der Waals surface area contributed by atoms with Gasteiger partial charge in [0, 0.05) is 6.08 Å². The zero-order chi connectivity index (χ0) is 16.9. The van der Waals surface area contributed by atoms with Gasteiger partial charge in [-0.1, -0.05) is 30.9 Å². The van der Waals surface area contributed by atoms with Crippen molar-refractivity contribution in [3.8, 4) is 5.75 Å². The molecular formula is C20H20O4. The van der Waals surface area contributed by atoms with Crippen LogP contribution in [-0.4, -0.2) is 31.4 Å². The number of hydrogen-bond donors (Lipinski definition) is 0. The van der Waals surface area contributed by atoms with Gasteiger partial charge in [-0.25, -0.2) is 4.79 Å². The van der Waals surface area contributed by atoms with E-state index in [-0.39, 0.29) is 12.2 Å². The van der Waals surface area contributed by atoms with E-state index in [1.165, 1.54) is 0 Å². The maximum Gasteiger partial charge on any atom is 0.331 e. The van der Waals surface area contributed by atoms with Crippen molar-refractivity contribution in [1.82, 2.24) is 0 Å². The quantitative estimate of drug-likeness (QED) is 0.457. The van der Waals surface area contributed by atoms with Crippen LogP contribution in [0.1, 0.15) is 12.5 Å². The summed E-state index contributed by atoms with van der Waals surface area (Å²) < 4.78 is 15.9. The lowest BCUT2D eigenvalue weighted by molar-refractivity contribution is -0.139. The largest absolute Gasteiger partial charge is 0.491 e. The molecule has 1 saturated heterocycles. The first kappa shape index (κ1) is 16.3. The van der Waals surface area contributed by atoms with E-state index < -0.39 is 5.97 Å². The van der Waals surface area contributed by atoms with Crippen molar-refractivity contribution >= 4 is 11.5 Å². The summed E-state index contributed by atoms with van der Waals surface area (Å²) in [4.78, 5) is 11.2. The molecule has 1 fully saturated rings. The van der Waals surface area contributed by atoms with Crippen LogP contribution in [-0.2, 0) is 14.3 Å². The standard InChI is InChI=1S/C20H20O4/c1-3-20(21)24-18-10-6-16(7-11-18)14(2)15-4-8-17(9-5-15)22-12-19-13-23-19/h3-11,18-19H,1,12-13H2,2H3. The molecule has 24 heavy (non-hydrogen) atoms. The summed E-state index contributed by atoms with van der Waals surface area (Å²) >= 11 is 0. The van der Waals surface area contributed by atoms with Crippen LogP contribution in [0.4, 0.5) is 0 Å². The Morgan fingerprint density at radius 3 is 2.54 bits per heavy atom. The maximum absolute atomic E-state index is 11.2. The van der Waals surface area contributed by atoms with E-state index in [1.54, 1.807) is 0 Å². The molecule has 1 aliphatic carbocycles. The summed E-state index contributed by atoms with van der Waals surface area (Å²) in [7, 11) is 0. The first-order valence-corrected chi connectivity index (χ1v) is 7.91. The summed E-state index contributed by atoms with van der Waals surface area (Å²) in [6.45, 7) is 6.86. The Hall–Kier alpha value is -2.59. The molecule has 4 nitrogen and oxygen atoms in total. The van der Waals surface area contributed by atoms with Crippen LogP contribution in [0.15, 0.2) is 66.8 Å². The van der Waals surface area contributed by atoms with E-state index in [2.05, 4.69) is 13.5 Å². The molecule has 0 spiro atoms. The van der Waals surface area contributed by atoms with Crippen LogP contribution < -0.4 is 4.74 Å². The van der Waals surface area contributed by atoms with Crippen molar-refractivity contribution in [3.05, 3.63) is 72.4 Å². The van der Waals surface area contributed by atoms with Gasteiger partial charge >= 0.3 is 5.97 Å². The molecule has 0 aromatic heterocycles. The zero-order valence-electron chi connectivity index (χ0n) is 13.6. The number of benzene rings is 1. The molecule has 1 unspecified atom stereocenters. The van der Waals surface area contributed by atoms with Gasteiger partial charge in [-0.3, -0.25) is 0 Å². The third-order valence-electron chi connectivity index (χ3n) is 3.91. The maximum atomic E-state index is 11.2. The van der Waals surface area contributed by atoms with Crippen molar-refractivity contribution in [2.45, 2.75) is 19.1 Å². The Labute approximate surface area is 141 Å². The highest BCUT2D eigenvalue weighted by molar-refractivity contribution is 5.81. The molecule has 1 aliphatic heterocycles. The molecule has 1 heterocycles. The molecule has 0 amide bonds. The van der Waals surface area contributed by atoms with Crippen molar-refractivity contribution in [2.75, 3.05) is 13.2 Å². The second-order valence-electron chi connectivity index (χ2n) is 5.69. The van der Waals surface area contributed by atoms with Gasteiger partial charge in [-0.05, 0) is 47.9 Å². The Morgan fingerprint density at radius 1 is 1.29 bits per heavy atom. The number of carbonyl (C=O) groups excluding carboxylic acids is 1. The number of rotatable bonds is 6. The molecule has 0 N–H and O–H groups in total. The van der Waals surface area contributed by atoms with Gasteiger partial charge in [-0.15, -0.1) is 0 Å². The van der Waals surface area contributed by atoms with Gasteiger partial charge < -0.3 is 14.2 Å². The fourth-order valence-electron chi connectivity index (χ4n) is 2.35. The highest BCUT2D eigenvalue weighted by atomic mass is 16.6. The molecule has 0 bridgehead atoms. The predicted octanol–water partition coefficient (Wildman–Crippen LogP) is 3.46. The SMILES string of the molecule is C=CC(=O)OC1C=CC(=C(C)c2ccc(OCC3CO3)cc2)C=C1. The van der Waals surface area contributed by atoms with E-state index in [4.69, 9.17) is 14.2 Å². The van der Waals surface area contributed by atoms with Crippen LogP contribution in [0, 0.1) is 0 Å².